The van der Waals surface area contributed by atoms with E-state index in [2.05, 4.69) is 5.32 Å². The fourth-order valence-corrected chi connectivity index (χ4v) is 2.86. The minimum Gasteiger partial charge on any atom is -0.352 e. The maximum atomic E-state index is 13.7. The highest BCUT2D eigenvalue weighted by atomic mass is 35.5. The third-order valence-corrected chi connectivity index (χ3v) is 4.37. The predicted molar refractivity (Wildman–Crippen MR) is 93.3 cm³/mol. The number of carbonyl (C=O) groups is 2. The molecule has 3 atom stereocenters. The Labute approximate surface area is 156 Å². The van der Waals surface area contributed by atoms with E-state index in [9.17, 15) is 22.8 Å². The van der Waals surface area contributed by atoms with E-state index in [1.54, 1.807) is 6.92 Å². The molecule has 26 heavy (non-hydrogen) atoms. The smallest absolute Gasteiger partial charge is 0.242 e. The van der Waals surface area contributed by atoms with Gasteiger partial charge in [-0.05, 0) is 38.3 Å². The van der Waals surface area contributed by atoms with Crippen LogP contribution in [-0.2, 0) is 16.0 Å². The van der Waals surface area contributed by atoms with E-state index >= 15 is 0 Å². The zero-order chi connectivity index (χ0) is 18.7. The molecule has 0 radical (unpaired) electrons. The minimum atomic E-state index is -1.27. The summed E-state index contributed by atoms with van der Waals surface area (Å²) in [7, 11) is 0. The van der Waals surface area contributed by atoms with Gasteiger partial charge in [0, 0.05) is 31.1 Å². The second-order valence-corrected chi connectivity index (χ2v) is 6.49. The molecule has 5 nitrogen and oxygen atoms in total. The van der Waals surface area contributed by atoms with Gasteiger partial charge in [-0.3, -0.25) is 9.59 Å². The van der Waals surface area contributed by atoms with Crippen LogP contribution in [0.15, 0.2) is 12.1 Å². The summed E-state index contributed by atoms with van der Waals surface area (Å²) in [6.45, 7) is 3.90. The van der Waals surface area contributed by atoms with Crippen molar-refractivity contribution in [3.05, 3.63) is 35.1 Å². The van der Waals surface area contributed by atoms with Crippen LogP contribution in [-0.4, -0.2) is 41.4 Å². The average molecular weight is 394 g/mol. The standard InChI is InChI=1S/C17H22F3N3O2.ClH/c1-9-3-4-23(10(2)17(25)22-9)16(24)7-12(21)5-11-6-14(19)15(20)8-13(11)18;/h6,8-10,12H,3-5,7,21H2,1-2H3,(H,22,25);1H/t9-,10-,12-;/m1./s1. The number of halogens is 4. The van der Waals surface area contributed by atoms with Crippen molar-refractivity contribution in [3.63, 3.8) is 0 Å². The average Bonchev–Trinajstić information content (AvgIpc) is 2.64. The lowest BCUT2D eigenvalue weighted by Crippen LogP contribution is -2.47. The molecule has 0 bridgehead atoms. The molecule has 1 saturated heterocycles. The maximum absolute atomic E-state index is 13.7. The molecule has 1 aliphatic heterocycles. The molecule has 0 spiro atoms. The molecule has 1 aromatic rings. The van der Waals surface area contributed by atoms with E-state index in [4.69, 9.17) is 5.73 Å². The molecule has 2 amide bonds. The molecule has 0 aliphatic carbocycles. The third kappa shape index (κ3) is 5.35. The lowest BCUT2D eigenvalue weighted by Gasteiger charge is -2.26. The number of rotatable bonds is 4. The summed E-state index contributed by atoms with van der Waals surface area (Å²) < 4.78 is 39.9. The van der Waals surface area contributed by atoms with Gasteiger partial charge in [0.2, 0.25) is 11.8 Å². The number of benzene rings is 1. The van der Waals surface area contributed by atoms with E-state index in [1.807, 2.05) is 6.92 Å². The van der Waals surface area contributed by atoms with Gasteiger partial charge in [-0.15, -0.1) is 12.4 Å². The van der Waals surface area contributed by atoms with Crippen LogP contribution in [0.2, 0.25) is 0 Å². The van der Waals surface area contributed by atoms with Crippen LogP contribution >= 0.6 is 12.4 Å². The summed E-state index contributed by atoms with van der Waals surface area (Å²) in [5.41, 5.74) is 5.80. The van der Waals surface area contributed by atoms with Crippen LogP contribution in [0.1, 0.15) is 32.3 Å². The van der Waals surface area contributed by atoms with Crippen LogP contribution < -0.4 is 11.1 Å². The Balaban J connectivity index is 0.00000338. The maximum Gasteiger partial charge on any atom is 0.242 e. The Kier molecular flexibility index (Phi) is 7.89. The van der Waals surface area contributed by atoms with E-state index in [1.165, 1.54) is 4.90 Å². The fourth-order valence-electron chi connectivity index (χ4n) is 2.86. The van der Waals surface area contributed by atoms with Crippen molar-refractivity contribution in [2.75, 3.05) is 6.54 Å². The van der Waals surface area contributed by atoms with Crippen LogP contribution in [0.25, 0.3) is 0 Å². The number of carbonyl (C=O) groups excluding carboxylic acids is 2. The molecule has 1 heterocycles. The van der Waals surface area contributed by atoms with Crippen molar-refractivity contribution in [1.82, 2.24) is 10.2 Å². The molecular weight excluding hydrogens is 371 g/mol. The number of nitrogens with two attached hydrogens (primary N) is 1. The van der Waals surface area contributed by atoms with Crippen LogP contribution in [0.5, 0.6) is 0 Å². The summed E-state index contributed by atoms with van der Waals surface area (Å²) in [6, 6.07) is -0.217. The molecule has 1 aliphatic rings. The monoisotopic (exact) mass is 393 g/mol. The highest BCUT2D eigenvalue weighted by molar-refractivity contribution is 5.88. The normalized spacial score (nSPS) is 21.5. The topological polar surface area (TPSA) is 75.4 Å². The first kappa shape index (κ1) is 22.2. The Hall–Kier alpha value is -1.80. The van der Waals surface area contributed by atoms with E-state index in [0.717, 1.165) is 6.07 Å². The van der Waals surface area contributed by atoms with Gasteiger partial charge >= 0.3 is 0 Å². The van der Waals surface area contributed by atoms with Crippen molar-refractivity contribution in [3.8, 4) is 0 Å². The van der Waals surface area contributed by atoms with Gasteiger partial charge < -0.3 is 16.0 Å². The summed E-state index contributed by atoms with van der Waals surface area (Å²) in [5.74, 6) is -3.91. The quantitative estimate of drug-likeness (QED) is 0.767. The highest BCUT2D eigenvalue weighted by Gasteiger charge is 2.30. The summed E-state index contributed by atoms with van der Waals surface area (Å²) >= 11 is 0. The lowest BCUT2D eigenvalue weighted by atomic mass is 10.0. The second-order valence-electron chi connectivity index (χ2n) is 6.49. The first-order valence-electron chi connectivity index (χ1n) is 8.18. The van der Waals surface area contributed by atoms with Gasteiger partial charge in [0.25, 0.3) is 0 Å². The number of nitrogens with one attached hydrogen (secondary N) is 1. The van der Waals surface area contributed by atoms with Crippen LogP contribution in [0, 0.1) is 17.5 Å². The Bertz CT molecular complexity index is 675. The molecule has 0 saturated carbocycles. The molecule has 9 heteroatoms. The van der Waals surface area contributed by atoms with Crippen LogP contribution in [0.4, 0.5) is 13.2 Å². The summed E-state index contributed by atoms with van der Waals surface area (Å²) in [6.07, 6.45) is 0.388. The number of amides is 2. The van der Waals surface area contributed by atoms with Crippen LogP contribution in [0.3, 0.4) is 0 Å². The Morgan fingerprint density at radius 1 is 1.27 bits per heavy atom. The van der Waals surface area contributed by atoms with E-state index < -0.39 is 29.5 Å². The SMILES string of the molecule is C[C@@H]1CCN(C(=O)C[C@H](N)Cc2cc(F)c(F)cc2F)[C@H](C)C(=O)N1.Cl. The van der Waals surface area contributed by atoms with Gasteiger partial charge in [-0.1, -0.05) is 0 Å². The van der Waals surface area contributed by atoms with Gasteiger partial charge in [0.15, 0.2) is 11.6 Å². The highest BCUT2D eigenvalue weighted by Crippen LogP contribution is 2.17. The van der Waals surface area contributed by atoms with E-state index in [-0.39, 0.29) is 48.7 Å². The molecule has 1 aromatic carbocycles. The van der Waals surface area contributed by atoms with E-state index in [0.29, 0.717) is 19.0 Å². The zero-order valence-corrected chi connectivity index (χ0v) is 15.4. The summed E-state index contributed by atoms with van der Waals surface area (Å²) in [4.78, 5) is 25.9. The lowest BCUT2D eigenvalue weighted by molar-refractivity contribution is -0.139. The molecule has 2 rings (SSSR count). The third-order valence-electron chi connectivity index (χ3n) is 4.37. The number of hydrogen-bond donors (Lipinski definition) is 2. The first-order valence-corrected chi connectivity index (χ1v) is 8.18. The van der Waals surface area contributed by atoms with Crippen molar-refractivity contribution < 1.29 is 22.8 Å². The van der Waals surface area contributed by atoms with Crippen molar-refractivity contribution >= 4 is 24.2 Å². The fraction of sp³-hybridized carbons (Fsp3) is 0.529. The molecular formula is C17H23ClF3N3O2. The van der Waals surface area contributed by atoms with Crippen molar-refractivity contribution in [2.24, 2.45) is 5.73 Å². The first-order chi connectivity index (χ1) is 11.7. The molecule has 0 unspecified atom stereocenters. The molecule has 3 N–H and O–H groups in total. The number of nitrogens with zero attached hydrogens (tertiary/aromatic N) is 1. The predicted octanol–water partition coefficient (Wildman–Crippen LogP) is 1.91. The molecule has 146 valence electrons. The summed E-state index contributed by atoms with van der Waals surface area (Å²) in [5, 5.41) is 2.80. The number of hydrogen-bond acceptors (Lipinski definition) is 3. The Morgan fingerprint density at radius 2 is 1.88 bits per heavy atom. The zero-order valence-electron chi connectivity index (χ0n) is 14.6. The largest absolute Gasteiger partial charge is 0.352 e. The minimum absolute atomic E-state index is 0. The van der Waals surface area contributed by atoms with Crippen molar-refractivity contribution in [2.45, 2.75) is 51.2 Å². The molecule has 0 aromatic heterocycles. The van der Waals surface area contributed by atoms with Gasteiger partial charge in [-0.2, -0.15) is 0 Å². The molecule has 1 fully saturated rings. The van der Waals surface area contributed by atoms with Crippen molar-refractivity contribution in [1.29, 1.82) is 0 Å². The van der Waals surface area contributed by atoms with Gasteiger partial charge in [0.05, 0.1) is 0 Å². The Morgan fingerprint density at radius 3 is 2.54 bits per heavy atom. The van der Waals surface area contributed by atoms with Gasteiger partial charge in [0.1, 0.15) is 11.9 Å². The second kappa shape index (κ2) is 9.23. The van der Waals surface area contributed by atoms with Gasteiger partial charge in [-0.25, -0.2) is 13.2 Å².